The normalized spacial score (nSPS) is 10.9. The van der Waals surface area contributed by atoms with Gasteiger partial charge in [-0.2, -0.15) is 5.10 Å². The van der Waals surface area contributed by atoms with Crippen LogP contribution in [0.25, 0.3) is 10.2 Å². The zero-order valence-corrected chi connectivity index (χ0v) is 16.4. The van der Waals surface area contributed by atoms with Crippen molar-refractivity contribution in [2.45, 2.75) is 20.0 Å². The van der Waals surface area contributed by atoms with E-state index in [1.807, 2.05) is 43.3 Å². The van der Waals surface area contributed by atoms with Crippen LogP contribution >= 0.6 is 11.3 Å². The lowest BCUT2D eigenvalue weighted by Gasteiger charge is -2.18. The van der Waals surface area contributed by atoms with Gasteiger partial charge in [0.05, 0.1) is 29.6 Å². The zero-order chi connectivity index (χ0) is 19.5. The standard InChI is InChI=1S/C20H19N5O2S/c1-3-24-11-9-16(23-24)19(26)25(13-14-6-4-5-10-21-14)20-22-17-12-15(27-2)7-8-18(17)28-20/h4-12H,3,13H2,1-2H3. The molecule has 0 saturated carbocycles. The fourth-order valence-corrected chi connectivity index (χ4v) is 3.75. The van der Waals surface area contributed by atoms with Gasteiger partial charge >= 0.3 is 0 Å². The lowest BCUT2D eigenvalue weighted by atomic mass is 10.3. The fourth-order valence-electron chi connectivity index (χ4n) is 2.81. The molecule has 4 aromatic rings. The molecular formula is C20H19N5O2S. The monoisotopic (exact) mass is 393 g/mol. The van der Waals surface area contributed by atoms with Crippen molar-refractivity contribution in [1.29, 1.82) is 0 Å². The second kappa shape index (κ2) is 7.77. The fraction of sp³-hybridized carbons (Fsp3) is 0.200. The summed E-state index contributed by atoms with van der Waals surface area (Å²) in [5.74, 6) is 0.525. The molecule has 1 amide bonds. The number of carbonyl (C=O) groups is 1. The number of nitrogens with zero attached hydrogens (tertiary/aromatic N) is 5. The first kappa shape index (κ1) is 18.1. The molecule has 1 aromatic carbocycles. The van der Waals surface area contributed by atoms with Crippen LogP contribution in [0.1, 0.15) is 23.1 Å². The molecule has 0 fully saturated rings. The van der Waals surface area contributed by atoms with Crippen LogP contribution in [0, 0.1) is 0 Å². The molecule has 0 spiro atoms. The van der Waals surface area contributed by atoms with Crippen molar-refractivity contribution < 1.29 is 9.53 Å². The Bertz CT molecular complexity index is 1110. The van der Waals surface area contributed by atoms with Gasteiger partial charge < -0.3 is 4.74 Å². The minimum atomic E-state index is -0.205. The topological polar surface area (TPSA) is 73.1 Å². The number of aryl methyl sites for hydroxylation is 1. The van der Waals surface area contributed by atoms with Gasteiger partial charge in [-0.25, -0.2) is 4.98 Å². The maximum atomic E-state index is 13.2. The average Bonchev–Trinajstić information content (AvgIpc) is 3.38. The molecule has 8 heteroatoms. The molecule has 7 nitrogen and oxygen atoms in total. The molecule has 0 unspecified atom stereocenters. The van der Waals surface area contributed by atoms with Crippen LogP contribution in [0.4, 0.5) is 5.13 Å². The zero-order valence-electron chi connectivity index (χ0n) is 15.6. The number of pyridine rings is 1. The molecule has 3 heterocycles. The predicted octanol–water partition coefficient (Wildman–Crippen LogP) is 3.76. The lowest BCUT2D eigenvalue weighted by Crippen LogP contribution is -2.31. The molecule has 0 bridgehead atoms. The molecule has 142 valence electrons. The first-order valence-electron chi connectivity index (χ1n) is 8.87. The number of hydrogen-bond acceptors (Lipinski definition) is 6. The number of methoxy groups -OCH3 is 1. The van der Waals surface area contributed by atoms with Crippen LogP contribution in [-0.2, 0) is 13.1 Å². The van der Waals surface area contributed by atoms with Gasteiger partial charge in [0.1, 0.15) is 5.75 Å². The number of carbonyl (C=O) groups excluding carboxylic acids is 1. The Morgan fingerprint density at radius 2 is 2.14 bits per heavy atom. The van der Waals surface area contributed by atoms with Crippen molar-refractivity contribution >= 4 is 32.6 Å². The van der Waals surface area contributed by atoms with Gasteiger partial charge in [-0.3, -0.25) is 19.4 Å². The number of fused-ring (bicyclic) bond motifs is 1. The summed E-state index contributed by atoms with van der Waals surface area (Å²) in [6.45, 7) is 3.00. The molecular weight excluding hydrogens is 374 g/mol. The number of benzene rings is 1. The van der Waals surface area contributed by atoms with Crippen molar-refractivity contribution in [2.75, 3.05) is 12.0 Å². The minimum Gasteiger partial charge on any atom is -0.497 e. The first-order chi connectivity index (χ1) is 13.7. The third-order valence-corrected chi connectivity index (χ3v) is 5.35. The van der Waals surface area contributed by atoms with Gasteiger partial charge in [0, 0.05) is 25.0 Å². The number of anilines is 1. The Morgan fingerprint density at radius 1 is 1.25 bits per heavy atom. The summed E-state index contributed by atoms with van der Waals surface area (Å²) in [5.41, 5.74) is 1.95. The van der Waals surface area contributed by atoms with E-state index in [-0.39, 0.29) is 5.91 Å². The summed E-state index contributed by atoms with van der Waals surface area (Å²) in [7, 11) is 1.62. The largest absolute Gasteiger partial charge is 0.497 e. The molecule has 0 atom stereocenters. The molecule has 28 heavy (non-hydrogen) atoms. The third-order valence-electron chi connectivity index (χ3n) is 4.29. The number of rotatable bonds is 6. The highest BCUT2D eigenvalue weighted by atomic mass is 32.1. The van der Waals surface area contributed by atoms with E-state index in [4.69, 9.17) is 4.74 Å². The van der Waals surface area contributed by atoms with Crippen LogP contribution < -0.4 is 9.64 Å². The molecule has 0 N–H and O–H groups in total. The Morgan fingerprint density at radius 3 is 2.86 bits per heavy atom. The van der Waals surface area contributed by atoms with Crippen molar-refractivity contribution in [3.05, 3.63) is 66.2 Å². The van der Waals surface area contributed by atoms with Gasteiger partial charge in [0.15, 0.2) is 10.8 Å². The highest BCUT2D eigenvalue weighted by Crippen LogP contribution is 2.32. The van der Waals surface area contributed by atoms with E-state index in [2.05, 4.69) is 15.1 Å². The lowest BCUT2D eigenvalue weighted by molar-refractivity contribution is 0.0979. The van der Waals surface area contributed by atoms with E-state index in [0.717, 1.165) is 21.7 Å². The number of hydrogen-bond donors (Lipinski definition) is 0. The molecule has 0 aliphatic rings. The van der Waals surface area contributed by atoms with E-state index < -0.39 is 0 Å². The van der Waals surface area contributed by atoms with Crippen LogP contribution in [0.15, 0.2) is 54.9 Å². The third kappa shape index (κ3) is 3.59. The summed E-state index contributed by atoms with van der Waals surface area (Å²) in [6.07, 6.45) is 3.52. The predicted molar refractivity (Wildman–Crippen MR) is 109 cm³/mol. The van der Waals surface area contributed by atoms with E-state index >= 15 is 0 Å². The van der Waals surface area contributed by atoms with Crippen LogP contribution in [0.5, 0.6) is 5.75 Å². The smallest absolute Gasteiger partial charge is 0.280 e. The Kier molecular flexibility index (Phi) is 5.03. The minimum absolute atomic E-state index is 0.205. The second-order valence-electron chi connectivity index (χ2n) is 6.10. The quantitative estimate of drug-likeness (QED) is 0.499. The van der Waals surface area contributed by atoms with E-state index in [1.54, 1.807) is 35.2 Å². The van der Waals surface area contributed by atoms with Crippen molar-refractivity contribution in [2.24, 2.45) is 0 Å². The number of ether oxygens (including phenoxy) is 1. The summed E-state index contributed by atoms with van der Waals surface area (Å²) in [4.78, 5) is 23.9. The molecule has 0 saturated heterocycles. The first-order valence-corrected chi connectivity index (χ1v) is 9.69. The molecule has 0 aliphatic carbocycles. The maximum absolute atomic E-state index is 13.2. The van der Waals surface area contributed by atoms with Gasteiger partial charge in [-0.1, -0.05) is 17.4 Å². The summed E-state index contributed by atoms with van der Waals surface area (Å²) in [6, 6.07) is 13.1. The van der Waals surface area contributed by atoms with Crippen molar-refractivity contribution in [1.82, 2.24) is 19.7 Å². The highest BCUT2D eigenvalue weighted by Gasteiger charge is 2.24. The van der Waals surface area contributed by atoms with E-state index in [1.165, 1.54) is 11.3 Å². The average molecular weight is 393 g/mol. The van der Waals surface area contributed by atoms with Crippen molar-refractivity contribution in [3.63, 3.8) is 0 Å². The SMILES string of the molecule is CCn1ccc(C(=O)N(Cc2ccccn2)c2nc3cc(OC)ccc3s2)n1. The maximum Gasteiger partial charge on any atom is 0.280 e. The Hall–Kier alpha value is -3.26. The number of amides is 1. The summed E-state index contributed by atoms with van der Waals surface area (Å²) in [5, 5.41) is 4.96. The van der Waals surface area contributed by atoms with Gasteiger partial charge in [0.25, 0.3) is 5.91 Å². The van der Waals surface area contributed by atoms with Gasteiger partial charge in [0.2, 0.25) is 0 Å². The van der Waals surface area contributed by atoms with Crippen LogP contribution in [0.3, 0.4) is 0 Å². The molecule has 0 radical (unpaired) electrons. The number of aromatic nitrogens is 4. The molecule has 4 rings (SSSR count). The Labute approximate surface area is 166 Å². The molecule has 3 aromatic heterocycles. The van der Waals surface area contributed by atoms with Crippen LogP contribution in [0.2, 0.25) is 0 Å². The van der Waals surface area contributed by atoms with Crippen molar-refractivity contribution in [3.8, 4) is 5.75 Å². The summed E-state index contributed by atoms with van der Waals surface area (Å²) < 4.78 is 7.99. The van der Waals surface area contributed by atoms with Crippen LogP contribution in [-0.4, -0.2) is 32.8 Å². The van der Waals surface area contributed by atoms with E-state index in [0.29, 0.717) is 23.9 Å². The second-order valence-corrected chi connectivity index (χ2v) is 7.11. The van der Waals surface area contributed by atoms with E-state index in [9.17, 15) is 4.79 Å². The molecule has 0 aliphatic heterocycles. The van der Waals surface area contributed by atoms with Gasteiger partial charge in [-0.05, 0) is 37.3 Å². The summed E-state index contributed by atoms with van der Waals surface area (Å²) >= 11 is 1.46. The Balaban J connectivity index is 1.74. The van der Waals surface area contributed by atoms with Gasteiger partial charge in [-0.15, -0.1) is 0 Å². The number of thiazole rings is 1. The highest BCUT2D eigenvalue weighted by molar-refractivity contribution is 7.22.